The van der Waals surface area contributed by atoms with Crippen molar-refractivity contribution in [3.8, 4) is 5.75 Å². The van der Waals surface area contributed by atoms with E-state index in [-0.39, 0.29) is 18.4 Å². The van der Waals surface area contributed by atoms with Gasteiger partial charge in [0.05, 0.1) is 47.4 Å². The van der Waals surface area contributed by atoms with E-state index in [9.17, 15) is 27.9 Å². The number of aliphatic hydroxyl groups is 1. The maximum atomic E-state index is 14.0. The highest BCUT2D eigenvalue weighted by atomic mass is 32.2. The van der Waals surface area contributed by atoms with Gasteiger partial charge >= 0.3 is 0 Å². The predicted octanol–water partition coefficient (Wildman–Crippen LogP) is 5.06. The second-order valence-electron chi connectivity index (χ2n) is 20.3. The van der Waals surface area contributed by atoms with Crippen LogP contribution in [0.1, 0.15) is 129 Å². The van der Waals surface area contributed by atoms with Crippen molar-refractivity contribution in [1.82, 2.24) is 30.6 Å². The van der Waals surface area contributed by atoms with E-state index in [2.05, 4.69) is 44.4 Å². The standard InChI is InChI=1S/C47H72N6O8S/c1-7-32-20-21-47(32,44(57)52-62(58,59)46(6)22-23-46)51-42(55)37-15-11-25-53(37)43(56)40(45(3,4)5)49-29-61-38-28-31(38)13-9-8-10-14-35-39(60-26-12-24-48-33-17-18-33)34-19-16-30(2)27-36(34)50-41(35)54/h7,16,19,27,31-33,37-38,40,43,48-49,56H,1,8-15,17-18,20-26,28-29H2,2-6H3,(H,50,54)(H,51,55)(H,52,57). The number of benzene rings is 1. The molecule has 7 rings (SSSR count). The number of carbonyl (C=O) groups is 2. The number of ether oxygens (including phenoxy) is 2. The molecule has 6 N–H and O–H groups in total. The predicted molar refractivity (Wildman–Crippen MR) is 241 cm³/mol. The molecule has 1 aromatic heterocycles. The Balaban J connectivity index is 0.865. The number of hydrogen-bond acceptors (Lipinski definition) is 11. The molecule has 7 atom stereocenters. The van der Waals surface area contributed by atoms with Crippen molar-refractivity contribution in [2.75, 3.05) is 26.4 Å². The molecule has 5 fully saturated rings. The maximum Gasteiger partial charge on any atom is 0.259 e. The number of aryl methyl sites for hydroxylation is 1. The third kappa shape index (κ3) is 10.6. The number of nitrogens with zero attached hydrogens (tertiary/aromatic N) is 1. The van der Waals surface area contributed by atoms with Gasteiger partial charge in [0.15, 0.2) is 0 Å². The molecule has 7 unspecified atom stereocenters. The summed E-state index contributed by atoms with van der Waals surface area (Å²) in [6.45, 7) is 15.9. The average molecular weight is 881 g/mol. The smallest absolute Gasteiger partial charge is 0.259 e. The van der Waals surface area contributed by atoms with E-state index in [1.807, 2.05) is 33.8 Å². The molecule has 15 heteroatoms. The van der Waals surface area contributed by atoms with Gasteiger partial charge in [-0.15, -0.1) is 6.58 Å². The summed E-state index contributed by atoms with van der Waals surface area (Å²) >= 11 is 0. The van der Waals surface area contributed by atoms with Gasteiger partial charge in [0.2, 0.25) is 15.9 Å². The van der Waals surface area contributed by atoms with Crippen LogP contribution in [0.25, 0.3) is 10.9 Å². The number of rotatable bonds is 24. The monoisotopic (exact) mass is 881 g/mol. The van der Waals surface area contributed by atoms with Crippen molar-refractivity contribution in [1.29, 1.82) is 0 Å². The van der Waals surface area contributed by atoms with Gasteiger partial charge in [-0.05, 0) is 133 Å². The number of hydrogen-bond donors (Lipinski definition) is 6. The lowest BCUT2D eigenvalue weighted by molar-refractivity contribution is -0.143. The zero-order chi connectivity index (χ0) is 44.5. The third-order valence-electron chi connectivity index (χ3n) is 14.3. The minimum absolute atomic E-state index is 0.0687. The molecule has 5 aliphatic rings. The highest BCUT2D eigenvalue weighted by Crippen LogP contribution is 2.45. The molecule has 0 radical (unpaired) electrons. The van der Waals surface area contributed by atoms with Crippen molar-refractivity contribution in [3.63, 3.8) is 0 Å². The van der Waals surface area contributed by atoms with E-state index >= 15 is 0 Å². The molecule has 2 heterocycles. The fourth-order valence-electron chi connectivity index (χ4n) is 9.45. The molecule has 4 saturated carbocycles. The molecule has 14 nitrogen and oxygen atoms in total. The summed E-state index contributed by atoms with van der Waals surface area (Å²) in [5, 5.41) is 22.8. The number of aliphatic hydroxyl groups excluding tert-OH is 1. The number of H-pyrrole nitrogens is 1. The minimum Gasteiger partial charge on any atom is -0.492 e. The van der Waals surface area contributed by atoms with Crippen LogP contribution in [0.5, 0.6) is 5.75 Å². The zero-order valence-corrected chi connectivity index (χ0v) is 38.5. The van der Waals surface area contributed by atoms with Crippen LogP contribution in [0.15, 0.2) is 35.6 Å². The fourth-order valence-corrected chi connectivity index (χ4v) is 10.8. The van der Waals surface area contributed by atoms with Gasteiger partial charge in [-0.1, -0.05) is 45.8 Å². The molecule has 1 saturated heterocycles. The number of likely N-dealkylation sites (tertiary alicyclic amines) is 1. The molecule has 1 aromatic carbocycles. The number of aromatic amines is 1. The number of sulfonamides is 1. The van der Waals surface area contributed by atoms with Gasteiger partial charge in [0, 0.05) is 23.9 Å². The fraction of sp³-hybridized carbons (Fsp3) is 0.723. The number of unbranched alkanes of at least 4 members (excludes halogenated alkanes) is 2. The maximum absolute atomic E-state index is 14.0. The first kappa shape index (κ1) is 46.6. The Hall–Kier alpha value is -3.34. The van der Waals surface area contributed by atoms with Crippen molar-refractivity contribution in [3.05, 3.63) is 52.3 Å². The van der Waals surface area contributed by atoms with Crippen LogP contribution in [0.4, 0.5) is 0 Å². The Labute approximate surface area is 368 Å². The number of carbonyl (C=O) groups excluding carboxylic acids is 2. The SMILES string of the molecule is C=CC1CCC1(NC(=O)C1CCCN1C(O)C(NCOC1CC1CCCCCc1c(OCCCNC2CC2)c2ccc(C)cc2[nH]c1=O)C(C)(C)C)C(=O)NS(=O)(=O)C1(C)CC1. The van der Waals surface area contributed by atoms with Crippen molar-refractivity contribution in [2.24, 2.45) is 17.3 Å². The Morgan fingerprint density at radius 3 is 2.55 bits per heavy atom. The van der Waals surface area contributed by atoms with E-state index < -0.39 is 61.8 Å². The van der Waals surface area contributed by atoms with E-state index in [0.717, 1.165) is 72.8 Å². The van der Waals surface area contributed by atoms with Gasteiger partial charge in [-0.25, -0.2) is 8.42 Å². The number of amides is 2. The first-order valence-corrected chi connectivity index (χ1v) is 24.8. The molecule has 4 aliphatic carbocycles. The first-order valence-electron chi connectivity index (χ1n) is 23.3. The van der Waals surface area contributed by atoms with Crippen LogP contribution in [0.3, 0.4) is 0 Å². The molecule has 62 heavy (non-hydrogen) atoms. The second-order valence-corrected chi connectivity index (χ2v) is 22.5. The summed E-state index contributed by atoms with van der Waals surface area (Å²) < 4.78 is 39.9. The summed E-state index contributed by atoms with van der Waals surface area (Å²) in [5.74, 6) is -0.340. The van der Waals surface area contributed by atoms with Crippen LogP contribution < -0.4 is 31.0 Å². The highest BCUT2D eigenvalue weighted by Gasteiger charge is 2.58. The Morgan fingerprint density at radius 2 is 1.87 bits per heavy atom. The van der Waals surface area contributed by atoms with Crippen molar-refractivity contribution < 1.29 is 32.6 Å². The minimum atomic E-state index is -3.90. The number of aromatic nitrogens is 1. The third-order valence-corrected chi connectivity index (χ3v) is 16.4. The number of nitrogens with one attached hydrogen (secondary N) is 5. The molecule has 0 bridgehead atoms. The molecule has 344 valence electrons. The lowest BCUT2D eigenvalue weighted by atomic mass is 9.66. The van der Waals surface area contributed by atoms with E-state index in [0.29, 0.717) is 70.1 Å². The lowest BCUT2D eigenvalue weighted by Gasteiger charge is -2.48. The van der Waals surface area contributed by atoms with Crippen LogP contribution in [0.2, 0.25) is 0 Å². The molecular weight excluding hydrogens is 809 g/mol. The molecule has 0 spiro atoms. The van der Waals surface area contributed by atoms with Gasteiger partial charge in [0.1, 0.15) is 17.5 Å². The summed E-state index contributed by atoms with van der Waals surface area (Å²) in [5.41, 5.74) is 0.763. The van der Waals surface area contributed by atoms with Gasteiger partial charge < -0.3 is 30.2 Å². The summed E-state index contributed by atoms with van der Waals surface area (Å²) in [4.78, 5) is 45.8. The van der Waals surface area contributed by atoms with Gasteiger partial charge in [-0.3, -0.25) is 29.3 Å². The summed E-state index contributed by atoms with van der Waals surface area (Å²) in [6, 6.07) is 5.66. The van der Waals surface area contributed by atoms with Crippen LogP contribution >= 0.6 is 0 Å². The second kappa shape index (κ2) is 19.0. The quantitative estimate of drug-likeness (QED) is 0.0470. The largest absolute Gasteiger partial charge is 0.492 e. The van der Waals surface area contributed by atoms with Gasteiger partial charge in [-0.2, -0.15) is 0 Å². The van der Waals surface area contributed by atoms with E-state index in [1.165, 1.54) is 12.8 Å². The Kier molecular flexibility index (Phi) is 14.3. The normalized spacial score (nSPS) is 26.7. The summed E-state index contributed by atoms with van der Waals surface area (Å²) in [7, 11) is -3.90. The zero-order valence-electron chi connectivity index (χ0n) is 37.7. The Morgan fingerprint density at radius 1 is 1.10 bits per heavy atom. The first-order chi connectivity index (χ1) is 29.5. The van der Waals surface area contributed by atoms with Crippen molar-refractivity contribution in [2.45, 2.75) is 172 Å². The molecule has 2 amide bonds. The average Bonchev–Trinajstić information content (AvgIpc) is 4.16. The van der Waals surface area contributed by atoms with Crippen molar-refractivity contribution >= 4 is 32.7 Å². The van der Waals surface area contributed by atoms with Gasteiger partial charge in [0.25, 0.3) is 11.5 Å². The van der Waals surface area contributed by atoms with E-state index in [1.54, 1.807) is 17.9 Å². The lowest BCUT2D eigenvalue weighted by Crippen LogP contribution is -2.70. The van der Waals surface area contributed by atoms with E-state index in [4.69, 9.17) is 9.47 Å². The number of fused-ring (bicyclic) bond motifs is 1. The summed E-state index contributed by atoms with van der Waals surface area (Å²) in [6.07, 6.45) is 12.8. The number of pyridine rings is 1. The van der Waals surface area contributed by atoms with Crippen LogP contribution in [-0.2, 0) is 30.8 Å². The van der Waals surface area contributed by atoms with Crippen LogP contribution in [0, 0.1) is 24.2 Å². The molecular formula is C47H72N6O8S. The molecule has 1 aliphatic heterocycles. The molecule has 2 aromatic rings. The highest BCUT2D eigenvalue weighted by molar-refractivity contribution is 7.91. The van der Waals surface area contributed by atoms with Crippen LogP contribution in [-0.4, -0.2) is 102 Å². The Bertz CT molecular complexity index is 2110. The topological polar surface area (TPSA) is 191 Å².